The molecule has 0 aliphatic heterocycles. The van der Waals surface area contributed by atoms with Gasteiger partial charge in [-0.3, -0.25) is 0 Å². The fraction of sp³-hybridized carbons (Fsp3) is 0.231. The number of para-hydroxylation sites is 2. The molecule has 1 heterocycles. The molecule has 1 N–H and O–H groups in total. The summed E-state index contributed by atoms with van der Waals surface area (Å²) in [7, 11) is 1.79. The molecule has 0 radical (unpaired) electrons. The maximum atomic E-state index is 5.69. The van der Waals surface area contributed by atoms with Gasteiger partial charge in [0.05, 0.1) is 6.61 Å². The predicted molar refractivity (Wildman–Crippen MR) is 69.3 cm³/mol. The lowest BCUT2D eigenvalue weighted by molar-refractivity contribution is 0.319. The molecule has 2 rings (SSSR count). The van der Waals surface area contributed by atoms with E-state index in [9.17, 15) is 0 Å². The number of hydrogen-bond acceptors (Lipinski definition) is 5. The largest absolute Gasteiger partial charge is 0.490 e. The lowest BCUT2D eigenvalue weighted by Crippen LogP contribution is -1.97. The van der Waals surface area contributed by atoms with E-state index in [0.717, 1.165) is 0 Å². The zero-order valence-corrected chi connectivity index (χ0v) is 10.4. The van der Waals surface area contributed by atoms with Gasteiger partial charge in [-0.25, -0.2) is 9.97 Å². The molecule has 0 aliphatic rings. The summed E-state index contributed by atoms with van der Waals surface area (Å²) < 4.78 is 11.2. The lowest BCUT2D eigenvalue weighted by atomic mass is 10.3. The first-order chi connectivity index (χ1) is 8.83. The smallest absolute Gasteiger partial charge is 0.224 e. The predicted octanol–water partition coefficient (Wildman–Crippen LogP) is 2.71. The number of nitrogens with zero attached hydrogens (tertiary/aromatic N) is 2. The zero-order chi connectivity index (χ0) is 12.8. The van der Waals surface area contributed by atoms with Crippen LogP contribution in [0.5, 0.6) is 17.4 Å². The second kappa shape index (κ2) is 5.86. The van der Waals surface area contributed by atoms with E-state index >= 15 is 0 Å². The van der Waals surface area contributed by atoms with Crippen LogP contribution in [0.25, 0.3) is 0 Å². The number of hydrogen-bond donors (Lipinski definition) is 1. The van der Waals surface area contributed by atoms with Gasteiger partial charge in [0.2, 0.25) is 5.88 Å². The second-order valence-electron chi connectivity index (χ2n) is 3.47. The minimum absolute atomic E-state index is 0.474. The molecule has 0 saturated heterocycles. The van der Waals surface area contributed by atoms with Gasteiger partial charge in [-0.15, -0.1) is 0 Å². The van der Waals surface area contributed by atoms with Crippen molar-refractivity contribution in [1.29, 1.82) is 0 Å². The molecule has 1 aromatic carbocycles. The summed E-state index contributed by atoms with van der Waals surface area (Å²) in [6.45, 7) is 2.52. The number of ether oxygens (including phenoxy) is 2. The molecular formula is C13H15N3O2. The molecule has 5 heteroatoms. The monoisotopic (exact) mass is 245 g/mol. The number of aromatic nitrogens is 2. The van der Waals surface area contributed by atoms with Gasteiger partial charge < -0.3 is 14.8 Å². The van der Waals surface area contributed by atoms with Gasteiger partial charge in [0.25, 0.3) is 0 Å². The summed E-state index contributed by atoms with van der Waals surface area (Å²) in [5, 5.41) is 2.93. The summed E-state index contributed by atoms with van der Waals surface area (Å²) in [6.07, 6.45) is 1.45. The van der Waals surface area contributed by atoms with Crippen LogP contribution in [0, 0.1) is 0 Å². The molecule has 18 heavy (non-hydrogen) atoms. The van der Waals surface area contributed by atoms with E-state index in [4.69, 9.17) is 9.47 Å². The Hall–Kier alpha value is -2.30. The maximum absolute atomic E-state index is 5.69. The van der Waals surface area contributed by atoms with Crippen LogP contribution in [0.1, 0.15) is 6.92 Å². The van der Waals surface area contributed by atoms with E-state index < -0.39 is 0 Å². The summed E-state index contributed by atoms with van der Waals surface area (Å²) >= 11 is 0. The van der Waals surface area contributed by atoms with Crippen molar-refractivity contribution in [1.82, 2.24) is 9.97 Å². The fourth-order valence-electron chi connectivity index (χ4n) is 1.45. The molecule has 5 nitrogen and oxygen atoms in total. The number of nitrogens with one attached hydrogen (secondary N) is 1. The van der Waals surface area contributed by atoms with Crippen LogP contribution < -0.4 is 14.8 Å². The van der Waals surface area contributed by atoms with Crippen LogP contribution in [0.2, 0.25) is 0 Å². The normalized spacial score (nSPS) is 9.89. The van der Waals surface area contributed by atoms with Crippen molar-refractivity contribution >= 4 is 5.82 Å². The van der Waals surface area contributed by atoms with Gasteiger partial charge in [0, 0.05) is 13.1 Å². The Kier molecular flexibility index (Phi) is 3.96. The molecule has 0 bridgehead atoms. The summed E-state index contributed by atoms with van der Waals surface area (Å²) in [6, 6.07) is 9.21. The highest BCUT2D eigenvalue weighted by Crippen LogP contribution is 2.30. The van der Waals surface area contributed by atoms with Gasteiger partial charge in [-0.2, -0.15) is 0 Å². The molecule has 0 fully saturated rings. The third-order valence-electron chi connectivity index (χ3n) is 2.26. The molecule has 0 atom stereocenters. The Morgan fingerprint density at radius 3 is 2.67 bits per heavy atom. The molecule has 1 aromatic heterocycles. The lowest BCUT2D eigenvalue weighted by Gasteiger charge is -2.10. The number of benzene rings is 1. The highest BCUT2D eigenvalue weighted by molar-refractivity contribution is 5.43. The van der Waals surface area contributed by atoms with Crippen LogP contribution in [0.3, 0.4) is 0 Å². The molecule has 94 valence electrons. The highest BCUT2D eigenvalue weighted by Gasteiger charge is 2.06. The van der Waals surface area contributed by atoms with Crippen molar-refractivity contribution < 1.29 is 9.47 Å². The van der Waals surface area contributed by atoms with Crippen LogP contribution in [0.4, 0.5) is 5.82 Å². The molecule has 0 saturated carbocycles. The quantitative estimate of drug-likeness (QED) is 0.877. The van der Waals surface area contributed by atoms with E-state index in [2.05, 4.69) is 15.3 Å². The SMILES string of the molecule is CCOc1ccccc1Oc1cc(NC)ncn1. The van der Waals surface area contributed by atoms with Crippen molar-refractivity contribution in [3.8, 4) is 17.4 Å². The van der Waals surface area contributed by atoms with Crippen molar-refractivity contribution in [3.05, 3.63) is 36.7 Å². The Morgan fingerprint density at radius 1 is 1.17 bits per heavy atom. The first-order valence-electron chi connectivity index (χ1n) is 5.73. The van der Waals surface area contributed by atoms with Crippen LogP contribution in [0.15, 0.2) is 36.7 Å². The van der Waals surface area contributed by atoms with Crippen molar-refractivity contribution in [2.75, 3.05) is 19.0 Å². The zero-order valence-electron chi connectivity index (χ0n) is 10.4. The van der Waals surface area contributed by atoms with Crippen molar-refractivity contribution in [3.63, 3.8) is 0 Å². The standard InChI is InChI=1S/C13H15N3O2/c1-3-17-10-6-4-5-7-11(10)18-13-8-12(14-2)15-9-16-13/h4-9H,3H2,1-2H3,(H,14,15,16). The third-order valence-corrected chi connectivity index (χ3v) is 2.26. The van der Waals surface area contributed by atoms with Crippen LogP contribution >= 0.6 is 0 Å². The fourth-order valence-corrected chi connectivity index (χ4v) is 1.45. The van der Waals surface area contributed by atoms with Crippen molar-refractivity contribution in [2.45, 2.75) is 6.92 Å². The van der Waals surface area contributed by atoms with Crippen LogP contribution in [-0.4, -0.2) is 23.6 Å². The third kappa shape index (κ3) is 2.88. The van der Waals surface area contributed by atoms with E-state index in [1.807, 2.05) is 31.2 Å². The van der Waals surface area contributed by atoms with Gasteiger partial charge in [0.15, 0.2) is 11.5 Å². The maximum Gasteiger partial charge on any atom is 0.224 e. The van der Waals surface area contributed by atoms with Gasteiger partial charge >= 0.3 is 0 Å². The molecular weight excluding hydrogens is 230 g/mol. The van der Waals surface area contributed by atoms with Gasteiger partial charge in [-0.1, -0.05) is 12.1 Å². The van der Waals surface area contributed by atoms with Crippen molar-refractivity contribution in [2.24, 2.45) is 0 Å². The minimum atomic E-state index is 0.474. The van der Waals surface area contributed by atoms with Gasteiger partial charge in [0.1, 0.15) is 12.1 Å². The minimum Gasteiger partial charge on any atom is -0.490 e. The summed E-state index contributed by atoms with van der Waals surface area (Å²) in [5.41, 5.74) is 0. The first kappa shape index (κ1) is 12.2. The Labute approximate surface area is 106 Å². The average molecular weight is 245 g/mol. The topological polar surface area (TPSA) is 56.3 Å². The molecule has 0 amide bonds. The first-order valence-corrected chi connectivity index (χ1v) is 5.73. The van der Waals surface area contributed by atoms with E-state index in [1.54, 1.807) is 13.1 Å². The summed E-state index contributed by atoms with van der Waals surface area (Å²) in [4.78, 5) is 8.08. The number of rotatable bonds is 5. The van der Waals surface area contributed by atoms with Gasteiger partial charge in [-0.05, 0) is 19.1 Å². The molecule has 0 aliphatic carbocycles. The van der Waals surface area contributed by atoms with E-state index in [1.165, 1.54) is 6.33 Å². The molecule has 0 spiro atoms. The van der Waals surface area contributed by atoms with E-state index in [-0.39, 0.29) is 0 Å². The molecule has 2 aromatic rings. The summed E-state index contributed by atoms with van der Waals surface area (Å²) in [5.74, 6) is 2.51. The average Bonchev–Trinajstić information content (AvgIpc) is 2.41. The molecule has 0 unspecified atom stereocenters. The Balaban J connectivity index is 2.22. The Morgan fingerprint density at radius 2 is 1.94 bits per heavy atom. The highest BCUT2D eigenvalue weighted by atomic mass is 16.5. The second-order valence-corrected chi connectivity index (χ2v) is 3.47. The van der Waals surface area contributed by atoms with Crippen LogP contribution in [-0.2, 0) is 0 Å². The van der Waals surface area contributed by atoms with E-state index in [0.29, 0.717) is 29.8 Å². The Bertz CT molecular complexity index is 517. The number of anilines is 1.